The highest BCUT2D eigenvalue weighted by Crippen LogP contribution is 2.18. The van der Waals surface area contributed by atoms with Crippen molar-refractivity contribution in [2.45, 2.75) is 18.6 Å². The molecule has 2 rings (SSSR count). The second-order valence-corrected chi connectivity index (χ2v) is 5.30. The molecule has 0 aliphatic carbocycles. The van der Waals surface area contributed by atoms with Crippen molar-refractivity contribution in [3.05, 3.63) is 33.7 Å². The van der Waals surface area contributed by atoms with Crippen molar-refractivity contribution in [3.8, 4) is 0 Å². The molecule has 4 N–H and O–H groups in total. The zero-order chi connectivity index (χ0) is 14.0. The van der Waals surface area contributed by atoms with E-state index in [4.69, 9.17) is 5.11 Å². The van der Waals surface area contributed by atoms with Gasteiger partial charge in [-0.05, 0) is 13.0 Å². The summed E-state index contributed by atoms with van der Waals surface area (Å²) < 4.78 is 26.2. The Morgan fingerprint density at radius 1 is 1.32 bits per heavy atom. The second-order valence-electron chi connectivity index (χ2n) is 3.70. The molecule has 10 heteroatoms. The quantitative estimate of drug-likeness (QED) is 0.573. The fourth-order valence-corrected chi connectivity index (χ4v) is 2.62. The Bertz CT molecular complexity index is 728. The topological polar surface area (TPSA) is 141 Å². The number of hydrogen-bond acceptors (Lipinski definition) is 6. The summed E-state index contributed by atoms with van der Waals surface area (Å²) in [5, 5.41) is 20.6. The molecule has 19 heavy (non-hydrogen) atoms. The fraction of sp³-hybridized carbons (Fsp3) is 0.222. The number of aryl methyl sites for hydroxylation is 1. The molecular weight excluding hydrogens is 274 g/mol. The average Bonchev–Trinajstić information content (AvgIpc) is 2.74. The Balaban J connectivity index is 2.37. The van der Waals surface area contributed by atoms with Crippen LogP contribution in [0.1, 0.15) is 11.3 Å². The SMILES string of the molecule is Cc1[nH]nc(S(=O)(=O)Nc2ccc(=O)[nH]n2)c1CO. The van der Waals surface area contributed by atoms with Gasteiger partial charge in [0.05, 0.1) is 6.61 Å². The third-order valence-electron chi connectivity index (χ3n) is 2.37. The highest BCUT2D eigenvalue weighted by Gasteiger charge is 2.23. The molecule has 0 spiro atoms. The summed E-state index contributed by atoms with van der Waals surface area (Å²) in [6.45, 7) is 1.13. The zero-order valence-corrected chi connectivity index (χ0v) is 10.7. The van der Waals surface area contributed by atoms with E-state index in [1.807, 2.05) is 0 Å². The Morgan fingerprint density at radius 3 is 2.63 bits per heavy atom. The maximum absolute atomic E-state index is 12.0. The molecular formula is C9H11N5O4S. The van der Waals surface area contributed by atoms with Crippen molar-refractivity contribution >= 4 is 15.8 Å². The Morgan fingerprint density at radius 2 is 2.05 bits per heavy atom. The lowest BCUT2D eigenvalue weighted by Crippen LogP contribution is -2.18. The highest BCUT2D eigenvalue weighted by molar-refractivity contribution is 7.92. The summed E-state index contributed by atoms with van der Waals surface area (Å²) in [7, 11) is -3.99. The maximum atomic E-state index is 12.0. The van der Waals surface area contributed by atoms with Crippen LogP contribution in [-0.2, 0) is 16.6 Å². The first kappa shape index (κ1) is 13.2. The van der Waals surface area contributed by atoms with Crippen LogP contribution in [0.4, 0.5) is 5.82 Å². The molecule has 0 unspecified atom stereocenters. The predicted octanol–water partition coefficient (Wildman–Crippen LogP) is -0.905. The van der Waals surface area contributed by atoms with Gasteiger partial charge in [0.25, 0.3) is 15.6 Å². The summed E-state index contributed by atoms with van der Waals surface area (Å²) in [4.78, 5) is 10.8. The third-order valence-corrected chi connectivity index (χ3v) is 3.69. The molecule has 2 aromatic heterocycles. The molecule has 2 heterocycles. The van der Waals surface area contributed by atoms with Crippen LogP contribution in [-0.4, -0.2) is 33.9 Å². The van der Waals surface area contributed by atoms with Crippen molar-refractivity contribution in [3.63, 3.8) is 0 Å². The number of aromatic nitrogens is 4. The first-order valence-corrected chi connectivity index (χ1v) is 6.65. The van der Waals surface area contributed by atoms with Crippen LogP contribution < -0.4 is 10.3 Å². The molecule has 2 aromatic rings. The van der Waals surface area contributed by atoms with Gasteiger partial charge in [0.1, 0.15) is 0 Å². The molecule has 0 aliphatic rings. The van der Waals surface area contributed by atoms with Gasteiger partial charge in [-0.25, -0.2) is 5.10 Å². The van der Waals surface area contributed by atoms with Crippen molar-refractivity contribution in [2.75, 3.05) is 4.72 Å². The molecule has 0 fully saturated rings. The average molecular weight is 285 g/mol. The van der Waals surface area contributed by atoms with Crippen LogP contribution in [0.3, 0.4) is 0 Å². The molecule has 102 valence electrons. The summed E-state index contributed by atoms with van der Waals surface area (Å²) in [5.41, 5.74) is 0.184. The highest BCUT2D eigenvalue weighted by atomic mass is 32.2. The van der Waals surface area contributed by atoms with Gasteiger partial charge in [-0.15, -0.1) is 0 Å². The molecule has 0 radical (unpaired) electrons. The smallest absolute Gasteiger partial charge is 0.282 e. The number of nitrogens with one attached hydrogen (secondary N) is 3. The molecule has 0 amide bonds. The van der Waals surface area contributed by atoms with Crippen molar-refractivity contribution in [2.24, 2.45) is 0 Å². The molecule has 0 saturated heterocycles. The van der Waals surface area contributed by atoms with E-state index in [9.17, 15) is 13.2 Å². The molecule has 0 aliphatic heterocycles. The van der Waals surface area contributed by atoms with E-state index in [1.165, 1.54) is 6.07 Å². The maximum Gasteiger partial charge on any atom is 0.282 e. The van der Waals surface area contributed by atoms with Gasteiger partial charge in [0.15, 0.2) is 5.82 Å². The van der Waals surface area contributed by atoms with Crippen LogP contribution in [0.15, 0.2) is 22.0 Å². The Kier molecular flexibility index (Phi) is 3.36. The van der Waals surface area contributed by atoms with E-state index in [0.717, 1.165) is 6.07 Å². The van der Waals surface area contributed by atoms with E-state index in [-0.39, 0.29) is 16.4 Å². The van der Waals surface area contributed by atoms with Crippen LogP contribution >= 0.6 is 0 Å². The van der Waals surface area contributed by atoms with Crippen LogP contribution in [0, 0.1) is 6.92 Å². The van der Waals surface area contributed by atoms with Crippen molar-refractivity contribution in [1.29, 1.82) is 0 Å². The number of aliphatic hydroxyl groups is 1. The number of nitrogens with zero attached hydrogens (tertiary/aromatic N) is 2. The van der Waals surface area contributed by atoms with Gasteiger partial charge < -0.3 is 5.11 Å². The van der Waals surface area contributed by atoms with Gasteiger partial charge in [-0.3, -0.25) is 14.6 Å². The number of anilines is 1. The standard InChI is InChI=1S/C9H11N5O4S/c1-5-6(4-15)9(13-10-5)19(17,18)14-7-2-3-8(16)12-11-7/h2-3,15H,4H2,1H3,(H,10,13)(H,11,14)(H,12,16). The number of hydrogen-bond donors (Lipinski definition) is 4. The summed E-state index contributed by atoms with van der Waals surface area (Å²) >= 11 is 0. The summed E-state index contributed by atoms with van der Waals surface area (Å²) in [6, 6.07) is 2.35. The van der Waals surface area contributed by atoms with Gasteiger partial charge >= 0.3 is 0 Å². The monoisotopic (exact) mass is 285 g/mol. The lowest BCUT2D eigenvalue weighted by molar-refractivity contribution is 0.277. The lowest BCUT2D eigenvalue weighted by atomic mass is 10.3. The first-order chi connectivity index (χ1) is 8.94. The third kappa shape index (κ3) is 2.63. The van der Waals surface area contributed by atoms with E-state index in [0.29, 0.717) is 5.69 Å². The Labute approximate surface area is 107 Å². The van der Waals surface area contributed by atoms with Crippen LogP contribution in [0.5, 0.6) is 0 Å². The summed E-state index contributed by atoms with van der Waals surface area (Å²) in [5.74, 6) is -0.0517. The fourth-order valence-electron chi connectivity index (χ4n) is 1.43. The molecule has 0 atom stereocenters. The van der Waals surface area contributed by atoms with Gasteiger partial charge in [-0.1, -0.05) is 0 Å². The number of H-pyrrole nitrogens is 2. The first-order valence-electron chi connectivity index (χ1n) is 5.17. The van der Waals surface area contributed by atoms with Gasteiger partial charge in [-0.2, -0.15) is 18.6 Å². The number of aliphatic hydroxyl groups excluding tert-OH is 1. The van der Waals surface area contributed by atoms with Gasteiger partial charge in [0, 0.05) is 17.3 Å². The number of aromatic amines is 2. The number of sulfonamides is 1. The Hall–Kier alpha value is -2.20. The van der Waals surface area contributed by atoms with Gasteiger partial charge in [0.2, 0.25) is 5.03 Å². The van der Waals surface area contributed by atoms with Crippen LogP contribution in [0.2, 0.25) is 0 Å². The summed E-state index contributed by atoms with van der Waals surface area (Å²) in [6.07, 6.45) is 0. The van der Waals surface area contributed by atoms with Crippen molar-refractivity contribution in [1.82, 2.24) is 20.4 Å². The van der Waals surface area contributed by atoms with E-state index < -0.39 is 22.2 Å². The second kappa shape index (κ2) is 4.82. The molecule has 0 saturated carbocycles. The normalized spacial score (nSPS) is 11.5. The minimum absolute atomic E-state index is 0.0517. The predicted molar refractivity (Wildman–Crippen MR) is 64.9 cm³/mol. The molecule has 9 nitrogen and oxygen atoms in total. The minimum atomic E-state index is -3.99. The molecule has 0 bridgehead atoms. The van der Waals surface area contributed by atoms with Crippen molar-refractivity contribution < 1.29 is 13.5 Å². The largest absolute Gasteiger partial charge is 0.392 e. The van der Waals surface area contributed by atoms with E-state index in [1.54, 1.807) is 6.92 Å². The van der Waals surface area contributed by atoms with E-state index in [2.05, 4.69) is 25.1 Å². The molecule has 0 aromatic carbocycles. The lowest BCUT2D eigenvalue weighted by Gasteiger charge is -2.05. The van der Waals surface area contributed by atoms with E-state index >= 15 is 0 Å². The number of rotatable bonds is 4. The minimum Gasteiger partial charge on any atom is -0.392 e. The zero-order valence-electron chi connectivity index (χ0n) is 9.84. The van der Waals surface area contributed by atoms with Crippen LogP contribution in [0.25, 0.3) is 0 Å².